The van der Waals surface area contributed by atoms with Crippen molar-refractivity contribution in [1.29, 1.82) is 0 Å². The highest BCUT2D eigenvalue weighted by Gasteiger charge is 2.17. The number of aryl methyl sites for hydroxylation is 2. The number of para-hydroxylation sites is 1. The number of likely N-dealkylation sites (N-methyl/N-ethyl adjacent to an activating group) is 1. The lowest BCUT2D eigenvalue weighted by Crippen LogP contribution is -2.17. The van der Waals surface area contributed by atoms with Crippen molar-refractivity contribution in [3.05, 3.63) is 104 Å². The van der Waals surface area contributed by atoms with E-state index in [1.807, 2.05) is 54.9 Å². The SMILES string of the molecule is Cc1c(/C=C/CN(C)Cc2ccccc2)[nH]c(=O)c2c1ccc1nc(Nc3c(Cl)cccc3Cl)n(C)c12. The number of aromatic amines is 1. The van der Waals surface area contributed by atoms with Gasteiger partial charge in [0.05, 0.1) is 32.2 Å². The fraction of sp³-hybridized carbons (Fsp3) is 0.172. The minimum Gasteiger partial charge on any atom is -0.323 e. The zero-order valence-electron chi connectivity index (χ0n) is 20.8. The fourth-order valence-corrected chi connectivity index (χ4v) is 5.08. The van der Waals surface area contributed by atoms with Gasteiger partial charge in [-0.2, -0.15) is 0 Å². The number of fused-ring (bicyclic) bond motifs is 3. The number of hydrogen-bond donors (Lipinski definition) is 2. The predicted octanol–water partition coefficient (Wildman–Crippen LogP) is 6.92. The van der Waals surface area contributed by atoms with Gasteiger partial charge in [0, 0.05) is 25.8 Å². The molecule has 0 aliphatic rings. The lowest BCUT2D eigenvalue weighted by atomic mass is 10.0. The summed E-state index contributed by atoms with van der Waals surface area (Å²) in [6, 6.07) is 19.6. The first kappa shape index (κ1) is 25.1. The number of benzene rings is 3. The average Bonchev–Trinajstić information content (AvgIpc) is 3.20. The van der Waals surface area contributed by atoms with E-state index in [4.69, 9.17) is 28.2 Å². The van der Waals surface area contributed by atoms with Crippen molar-refractivity contribution in [2.75, 3.05) is 18.9 Å². The van der Waals surface area contributed by atoms with Gasteiger partial charge in [-0.25, -0.2) is 4.98 Å². The van der Waals surface area contributed by atoms with Crippen LogP contribution in [0.15, 0.2) is 71.5 Å². The monoisotopic (exact) mass is 531 g/mol. The van der Waals surface area contributed by atoms with Crippen molar-refractivity contribution in [3.63, 3.8) is 0 Å². The van der Waals surface area contributed by atoms with Crippen molar-refractivity contribution in [2.24, 2.45) is 7.05 Å². The number of nitrogens with zero attached hydrogens (tertiary/aromatic N) is 3. The first-order valence-corrected chi connectivity index (χ1v) is 12.7. The van der Waals surface area contributed by atoms with Crippen molar-refractivity contribution >= 4 is 62.7 Å². The van der Waals surface area contributed by atoms with Crippen LogP contribution in [0.3, 0.4) is 0 Å². The molecule has 0 saturated carbocycles. The van der Waals surface area contributed by atoms with E-state index in [9.17, 15) is 4.79 Å². The van der Waals surface area contributed by atoms with Crippen molar-refractivity contribution in [1.82, 2.24) is 19.4 Å². The molecular formula is C29H27Cl2N5O. The van der Waals surface area contributed by atoms with Crippen LogP contribution in [0.5, 0.6) is 0 Å². The lowest BCUT2D eigenvalue weighted by Gasteiger charge is -2.14. The first-order chi connectivity index (χ1) is 17.8. The van der Waals surface area contributed by atoms with Gasteiger partial charge in [0.25, 0.3) is 5.56 Å². The summed E-state index contributed by atoms with van der Waals surface area (Å²) in [5.41, 5.74) is 4.93. The van der Waals surface area contributed by atoms with E-state index in [-0.39, 0.29) is 5.56 Å². The highest BCUT2D eigenvalue weighted by Crippen LogP contribution is 2.34. The Morgan fingerprint density at radius 2 is 1.78 bits per heavy atom. The van der Waals surface area contributed by atoms with Crippen LogP contribution in [0.4, 0.5) is 11.6 Å². The molecule has 2 aromatic heterocycles. The van der Waals surface area contributed by atoms with E-state index in [0.29, 0.717) is 32.6 Å². The van der Waals surface area contributed by atoms with Crippen LogP contribution in [-0.4, -0.2) is 33.0 Å². The van der Waals surface area contributed by atoms with Gasteiger partial charge in [-0.1, -0.05) is 71.7 Å². The Hall–Kier alpha value is -3.58. The Bertz CT molecular complexity index is 1670. The molecule has 6 nitrogen and oxygen atoms in total. The molecule has 0 radical (unpaired) electrons. The smallest absolute Gasteiger partial charge is 0.258 e. The molecule has 0 fully saturated rings. The number of imidazole rings is 1. The standard InChI is InChI=1S/C29H27Cl2N5O/c1-18-20-14-15-24-27(36(3)29(33-24)34-26-21(30)11-7-12-22(26)31)25(20)28(37)32-23(18)13-8-16-35(2)17-19-9-5-4-6-10-19/h4-15H,16-17H2,1-3H3,(H,32,37)(H,33,34)/b13-8+. The quantitative estimate of drug-likeness (QED) is 0.239. The maximum Gasteiger partial charge on any atom is 0.258 e. The molecule has 0 aliphatic heterocycles. The highest BCUT2D eigenvalue weighted by molar-refractivity contribution is 6.39. The van der Waals surface area contributed by atoms with E-state index in [1.54, 1.807) is 18.2 Å². The summed E-state index contributed by atoms with van der Waals surface area (Å²) in [6.45, 7) is 3.64. The maximum absolute atomic E-state index is 13.3. The highest BCUT2D eigenvalue weighted by atomic mass is 35.5. The summed E-state index contributed by atoms with van der Waals surface area (Å²) < 4.78 is 1.86. The third-order valence-electron chi connectivity index (χ3n) is 6.52. The predicted molar refractivity (Wildman–Crippen MR) is 155 cm³/mol. The number of pyridine rings is 1. The molecule has 0 amide bonds. The maximum atomic E-state index is 13.3. The van der Waals surface area contributed by atoms with Crippen molar-refractivity contribution in [3.8, 4) is 0 Å². The van der Waals surface area contributed by atoms with Gasteiger partial charge in [-0.15, -0.1) is 0 Å². The van der Waals surface area contributed by atoms with Crippen LogP contribution < -0.4 is 10.9 Å². The van der Waals surface area contributed by atoms with E-state index in [0.717, 1.165) is 35.2 Å². The number of halogens is 2. The minimum absolute atomic E-state index is 0.159. The molecule has 5 aromatic rings. The Balaban J connectivity index is 1.47. The topological polar surface area (TPSA) is 66.0 Å². The number of anilines is 2. The van der Waals surface area contributed by atoms with Crippen LogP contribution in [0.25, 0.3) is 27.9 Å². The summed E-state index contributed by atoms with van der Waals surface area (Å²) in [5.74, 6) is 0.542. The van der Waals surface area contributed by atoms with Crippen LogP contribution in [0.1, 0.15) is 16.8 Å². The zero-order valence-corrected chi connectivity index (χ0v) is 22.4. The lowest BCUT2D eigenvalue weighted by molar-refractivity contribution is 0.364. The molecule has 0 atom stereocenters. The summed E-state index contributed by atoms with van der Waals surface area (Å²) in [5, 5.41) is 5.69. The van der Waals surface area contributed by atoms with Gasteiger partial charge in [0.1, 0.15) is 0 Å². The molecule has 2 N–H and O–H groups in total. The molecule has 0 aliphatic carbocycles. The molecule has 0 spiro atoms. The van der Waals surface area contributed by atoms with E-state index in [2.05, 4.69) is 40.5 Å². The molecular weight excluding hydrogens is 505 g/mol. The van der Waals surface area contributed by atoms with E-state index < -0.39 is 0 Å². The largest absolute Gasteiger partial charge is 0.323 e. The molecule has 5 rings (SSSR count). The van der Waals surface area contributed by atoms with Crippen LogP contribution in [0.2, 0.25) is 10.0 Å². The van der Waals surface area contributed by atoms with Gasteiger partial charge < -0.3 is 14.9 Å². The second kappa shape index (κ2) is 10.4. The number of hydrogen-bond acceptors (Lipinski definition) is 4. The normalized spacial score (nSPS) is 11.8. The molecule has 0 bridgehead atoms. The summed E-state index contributed by atoms with van der Waals surface area (Å²) in [4.78, 5) is 23.3. The zero-order chi connectivity index (χ0) is 26.1. The molecule has 0 unspecified atom stereocenters. The third kappa shape index (κ3) is 5.01. The molecule has 37 heavy (non-hydrogen) atoms. The number of aromatic nitrogens is 3. The van der Waals surface area contributed by atoms with Gasteiger partial charge in [-0.3, -0.25) is 9.69 Å². The summed E-state index contributed by atoms with van der Waals surface area (Å²) >= 11 is 12.7. The van der Waals surface area contributed by atoms with Crippen molar-refractivity contribution in [2.45, 2.75) is 13.5 Å². The van der Waals surface area contributed by atoms with Crippen LogP contribution in [-0.2, 0) is 13.6 Å². The number of rotatable bonds is 7. The fourth-order valence-electron chi connectivity index (χ4n) is 4.59. The van der Waals surface area contributed by atoms with Crippen LogP contribution in [0, 0.1) is 6.92 Å². The molecule has 2 heterocycles. The van der Waals surface area contributed by atoms with Gasteiger partial charge in [-0.05, 0) is 54.8 Å². The Labute approximate surface area is 225 Å². The van der Waals surface area contributed by atoms with Crippen molar-refractivity contribution < 1.29 is 0 Å². The first-order valence-electron chi connectivity index (χ1n) is 12.0. The second-order valence-electron chi connectivity index (χ2n) is 9.15. The Kier molecular flexibility index (Phi) is 7.07. The summed E-state index contributed by atoms with van der Waals surface area (Å²) in [6.07, 6.45) is 4.06. The summed E-state index contributed by atoms with van der Waals surface area (Å²) in [7, 11) is 3.95. The molecule has 3 aromatic carbocycles. The van der Waals surface area contributed by atoms with Gasteiger partial charge in [0.15, 0.2) is 0 Å². The van der Waals surface area contributed by atoms with E-state index >= 15 is 0 Å². The molecule has 188 valence electrons. The molecule has 0 saturated heterocycles. The molecule has 8 heteroatoms. The Morgan fingerprint density at radius 1 is 1.05 bits per heavy atom. The second-order valence-corrected chi connectivity index (χ2v) is 9.96. The number of H-pyrrole nitrogens is 1. The average molecular weight is 532 g/mol. The number of nitrogens with one attached hydrogen (secondary N) is 2. The Morgan fingerprint density at radius 3 is 2.51 bits per heavy atom. The van der Waals surface area contributed by atoms with Crippen LogP contribution >= 0.6 is 23.2 Å². The van der Waals surface area contributed by atoms with E-state index in [1.165, 1.54) is 5.56 Å². The third-order valence-corrected chi connectivity index (χ3v) is 7.15. The minimum atomic E-state index is -0.159. The van der Waals surface area contributed by atoms with Gasteiger partial charge in [0.2, 0.25) is 5.95 Å². The van der Waals surface area contributed by atoms with Gasteiger partial charge >= 0.3 is 0 Å².